The minimum absolute atomic E-state index is 0.126. The molecule has 0 radical (unpaired) electrons. The molecule has 0 fully saturated rings. The highest BCUT2D eigenvalue weighted by Crippen LogP contribution is 2.03. The van der Waals surface area contributed by atoms with Crippen LogP contribution in [0.2, 0.25) is 0 Å². The summed E-state index contributed by atoms with van der Waals surface area (Å²) >= 11 is 4.78. The van der Waals surface area contributed by atoms with Crippen molar-refractivity contribution in [2.24, 2.45) is 11.5 Å². The average molecular weight is 338 g/mol. The highest BCUT2D eigenvalue weighted by molar-refractivity contribution is 7.80. The molecule has 124 valence electrons. The molecule has 0 bridgehead atoms. The van der Waals surface area contributed by atoms with Crippen molar-refractivity contribution in [3.05, 3.63) is 83.1 Å². The van der Waals surface area contributed by atoms with Gasteiger partial charge in [-0.25, -0.2) is 0 Å². The van der Waals surface area contributed by atoms with E-state index in [1.165, 1.54) is 5.56 Å². The van der Waals surface area contributed by atoms with Gasteiger partial charge in [0.05, 0.1) is 0 Å². The number of allylic oxidation sites excluding steroid dienone is 1. The molecule has 0 saturated heterocycles. The summed E-state index contributed by atoms with van der Waals surface area (Å²) in [7, 11) is 0. The quantitative estimate of drug-likeness (QED) is 0.443. The van der Waals surface area contributed by atoms with Crippen LogP contribution in [-0.4, -0.2) is 4.99 Å². The fourth-order valence-electron chi connectivity index (χ4n) is 1.86. The van der Waals surface area contributed by atoms with Gasteiger partial charge < -0.3 is 16.8 Å². The SMILES string of the molecule is C/C(NCc1ccccc1)=C(\C#N)C(N)=S.NCc1ccccc1. The molecule has 4 nitrogen and oxygen atoms in total. The minimum atomic E-state index is 0.126. The van der Waals surface area contributed by atoms with Crippen molar-refractivity contribution in [3.63, 3.8) is 0 Å². The van der Waals surface area contributed by atoms with Gasteiger partial charge in [-0.3, -0.25) is 0 Å². The van der Waals surface area contributed by atoms with Crippen LogP contribution in [0.25, 0.3) is 0 Å². The van der Waals surface area contributed by atoms with Crippen LogP contribution in [0.1, 0.15) is 18.1 Å². The molecular formula is C19H22N4S. The van der Waals surface area contributed by atoms with E-state index >= 15 is 0 Å². The van der Waals surface area contributed by atoms with Crippen LogP contribution in [-0.2, 0) is 13.1 Å². The van der Waals surface area contributed by atoms with Gasteiger partial charge in [-0.1, -0.05) is 72.9 Å². The maximum Gasteiger partial charge on any atom is 0.116 e. The zero-order valence-corrected chi connectivity index (χ0v) is 14.5. The minimum Gasteiger partial charge on any atom is -0.389 e. The summed E-state index contributed by atoms with van der Waals surface area (Å²) in [6, 6.07) is 21.9. The van der Waals surface area contributed by atoms with Crippen molar-refractivity contribution in [1.82, 2.24) is 5.32 Å². The second-order valence-electron chi connectivity index (χ2n) is 5.00. The summed E-state index contributed by atoms with van der Waals surface area (Å²) in [6.07, 6.45) is 0. The smallest absolute Gasteiger partial charge is 0.116 e. The second-order valence-corrected chi connectivity index (χ2v) is 5.44. The van der Waals surface area contributed by atoms with E-state index in [2.05, 4.69) is 5.32 Å². The molecule has 0 saturated carbocycles. The number of nitrogens with zero attached hydrogens (tertiary/aromatic N) is 1. The van der Waals surface area contributed by atoms with E-state index in [-0.39, 0.29) is 4.99 Å². The molecule has 5 N–H and O–H groups in total. The lowest BCUT2D eigenvalue weighted by molar-refractivity contribution is 0.809. The molecular weight excluding hydrogens is 316 g/mol. The number of nitriles is 1. The van der Waals surface area contributed by atoms with Crippen LogP contribution in [0.4, 0.5) is 0 Å². The predicted octanol–water partition coefficient (Wildman–Crippen LogP) is 3.01. The van der Waals surface area contributed by atoms with Crippen LogP contribution in [0, 0.1) is 11.3 Å². The Hall–Kier alpha value is -2.68. The number of nitrogens with one attached hydrogen (secondary N) is 1. The highest BCUT2D eigenvalue weighted by atomic mass is 32.1. The third-order valence-corrected chi connectivity index (χ3v) is 3.42. The van der Waals surface area contributed by atoms with Crippen molar-refractivity contribution in [3.8, 4) is 6.07 Å². The van der Waals surface area contributed by atoms with Crippen LogP contribution in [0.5, 0.6) is 0 Å². The Balaban J connectivity index is 0.000000300. The Labute approximate surface area is 148 Å². The summed E-state index contributed by atoms with van der Waals surface area (Å²) in [6.45, 7) is 3.09. The molecule has 0 spiro atoms. The normalized spacial score (nSPS) is 10.5. The van der Waals surface area contributed by atoms with Crippen LogP contribution in [0.15, 0.2) is 71.9 Å². The zero-order valence-electron chi connectivity index (χ0n) is 13.7. The van der Waals surface area contributed by atoms with E-state index in [9.17, 15) is 0 Å². The molecule has 0 aliphatic rings. The summed E-state index contributed by atoms with van der Waals surface area (Å²) in [5.74, 6) is 0. The number of hydrogen-bond donors (Lipinski definition) is 3. The van der Waals surface area contributed by atoms with Gasteiger partial charge >= 0.3 is 0 Å². The molecule has 5 heteroatoms. The largest absolute Gasteiger partial charge is 0.389 e. The first-order valence-corrected chi connectivity index (χ1v) is 7.91. The molecule has 0 aliphatic carbocycles. The zero-order chi connectivity index (χ0) is 17.8. The second kappa shape index (κ2) is 10.9. The molecule has 2 aromatic rings. The number of thiocarbonyl (C=S) groups is 1. The van der Waals surface area contributed by atoms with Gasteiger partial charge in [-0.2, -0.15) is 5.26 Å². The Morgan fingerprint density at radius 1 is 1.04 bits per heavy atom. The van der Waals surface area contributed by atoms with Gasteiger partial charge in [0.25, 0.3) is 0 Å². The third kappa shape index (κ3) is 7.05. The van der Waals surface area contributed by atoms with E-state index in [1.54, 1.807) is 6.92 Å². The van der Waals surface area contributed by atoms with Crippen molar-refractivity contribution >= 4 is 17.2 Å². The number of nitrogens with two attached hydrogens (primary N) is 2. The Bertz CT molecular complexity index is 703. The molecule has 0 aliphatic heterocycles. The maximum absolute atomic E-state index is 8.85. The van der Waals surface area contributed by atoms with E-state index in [0.29, 0.717) is 24.4 Å². The summed E-state index contributed by atoms with van der Waals surface area (Å²) in [5.41, 5.74) is 14.2. The lowest BCUT2D eigenvalue weighted by atomic mass is 10.2. The topological polar surface area (TPSA) is 87.9 Å². The molecule has 0 unspecified atom stereocenters. The van der Waals surface area contributed by atoms with E-state index in [1.807, 2.05) is 66.7 Å². The van der Waals surface area contributed by atoms with Gasteiger partial charge in [-0.05, 0) is 18.1 Å². The molecule has 2 rings (SSSR count). The van der Waals surface area contributed by atoms with Gasteiger partial charge in [0.15, 0.2) is 0 Å². The first-order chi connectivity index (χ1) is 11.6. The number of rotatable bonds is 5. The van der Waals surface area contributed by atoms with Crippen molar-refractivity contribution < 1.29 is 0 Å². The standard InChI is InChI=1S/C12H13N3S.C7H9N/c1-9(11(7-13)12(14)16)15-8-10-5-3-2-4-6-10;8-6-7-4-2-1-3-5-7/h2-6,15H,8H2,1H3,(H2,14,16);1-5H,6,8H2/b11-9-;. The average Bonchev–Trinajstić information content (AvgIpc) is 2.62. The van der Waals surface area contributed by atoms with Crippen LogP contribution >= 0.6 is 12.2 Å². The van der Waals surface area contributed by atoms with E-state index in [4.69, 9.17) is 28.9 Å². The lowest BCUT2D eigenvalue weighted by Crippen LogP contribution is -2.19. The maximum atomic E-state index is 8.85. The highest BCUT2D eigenvalue weighted by Gasteiger charge is 2.04. The van der Waals surface area contributed by atoms with Crippen molar-refractivity contribution in [1.29, 1.82) is 5.26 Å². The van der Waals surface area contributed by atoms with Crippen molar-refractivity contribution in [2.75, 3.05) is 0 Å². The molecule has 24 heavy (non-hydrogen) atoms. The lowest BCUT2D eigenvalue weighted by Gasteiger charge is -2.08. The summed E-state index contributed by atoms with van der Waals surface area (Å²) in [5, 5.41) is 12.0. The molecule has 2 aromatic carbocycles. The fraction of sp³-hybridized carbons (Fsp3) is 0.158. The first kappa shape index (κ1) is 19.4. The van der Waals surface area contributed by atoms with Crippen molar-refractivity contribution in [2.45, 2.75) is 20.0 Å². The van der Waals surface area contributed by atoms with Gasteiger partial charge in [0.1, 0.15) is 16.6 Å². The monoisotopic (exact) mass is 338 g/mol. The third-order valence-electron chi connectivity index (χ3n) is 3.21. The Kier molecular flexibility index (Phi) is 8.84. The first-order valence-electron chi connectivity index (χ1n) is 7.51. The van der Waals surface area contributed by atoms with Crippen LogP contribution < -0.4 is 16.8 Å². The van der Waals surface area contributed by atoms with E-state index < -0.39 is 0 Å². The molecule has 0 amide bonds. The Morgan fingerprint density at radius 3 is 1.92 bits per heavy atom. The summed E-state index contributed by atoms with van der Waals surface area (Å²) < 4.78 is 0. The van der Waals surface area contributed by atoms with Gasteiger partial charge in [-0.15, -0.1) is 0 Å². The van der Waals surface area contributed by atoms with Gasteiger partial charge in [0, 0.05) is 18.8 Å². The number of benzene rings is 2. The summed E-state index contributed by atoms with van der Waals surface area (Å²) in [4.78, 5) is 0.126. The molecule has 0 aromatic heterocycles. The number of hydrogen-bond acceptors (Lipinski definition) is 4. The van der Waals surface area contributed by atoms with Crippen LogP contribution in [0.3, 0.4) is 0 Å². The Morgan fingerprint density at radius 2 is 1.54 bits per heavy atom. The molecule has 0 heterocycles. The fourth-order valence-corrected chi connectivity index (χ4v) is 2.06. The van der Waals surface area contributed by atoms with Gasteiger partial charge in [0.2, 0.25) is 0 Å². The molecule has 0 atom stereocenters. The predicted molar refractivity (Wildman–Crippen MR) is 103 cm³/mol. The van der Waals surface area contributed by atoms with E-state index in [0.717, 1.165) is 5.56 Å².